The molecule has 0 bridgehead atoms. The van der Waals surface area contributed by atoms with E-state index < -0.39 is 0 Å². The Morgan fingerprint density at radius 1 is 0.688 bits per heavy atom. The molecule has 32 heavy (non-hydrogen) atoms. The highest BCUT2D eigenvalue weighted by Gasteiger charge is 2.15. The van der Waals surface area contributed by atoms with Crippen molar-refractivity contribution < 1.29 is 0 Å². The van der Waals surface area contributed by atoms with Crippen LogP contribution in [0, 0.1) is 0 Å². The fourth-order valence-corrected chi connectivity index (χ4v) is 3.61. The van der Waals surface area contributed by atoms with Gasteiger partial charge < -0.3 is 0 Å². The molecule has 0 saturated heterocycles. The van der Waals surface area contributed by atoms with E-state index in [-0.39, 0.29) is 0 Å². The van der Waals surface area contributed by atoms with E-state index in [1.807, 2.05) is 83.7 Å². The zero-order chi connectivity index (χ0) is 21.3. The van der Waals surface area contributed by atoms with Gasteiger partial charge in [0.2, 0.25) is 0 Å². The van der Waals surface area contributed by atoms with Gasteiger partial charge in [-0.05, 0) is 60.7 Å². The Morgan fingerprint density at radius 2 is 1.56 bits per heavy atom. The maximum Gasteiger partial charge on any atom is 0.183 e. The molecule has 0 N–H and O–H groups in total. The summed E-state index contributed by atoms with van der Waals surface area (Å²) in [5, 5.41) is 8.43. The van der Waals surface area contributed by atoms with Crippen molar-refractivity contribution in [2.75, 3.05) is 0 Å². The maximum absolute atomic E-state index is 4.89. The highest BCUT2D eigenvalue weighted by Crippen LogP contribution is 2.27. The Hall–Kier alpha value is -4.72. The number of hydrogen-bond acceptors (Lipinski definition) is 6. The molecule has 6 aromatic rings. The number of hydrogen-bond donors (Lipinski definition) is 0. The number of imidazole rings is 1. The summed E-state index contributed by atoms with van der Waals surface area (Å²) < 4.78 is 3.75. The second-order valence-corrected chi connectivity index (χ2v) is 7.14. The summed E-state index contributed by atoms with van der Waals surface area (Å²) in [6, 6.07) is 21.5. The zero-order valence-electron chi connectivity index (χ0n) is 16.8. The third-order valence-corrected chi connectivity index (χ3v) is 5.14. The molecule has 0 amide bonds. The van der Waals surface area contributed by atoms with Crippen LogP contribution in [0.5, 0.6) is 0 Å². The van der Waals surface area contributed by atoms with Gasteiger partial charge >= 0.3 is 0 Å². The number of fused-ring (bicyclic) bond motifs is 1. The molecule has 5 aromatic heterocycles. The van der Waals surface area contributed by atoms with Crippen LogP contribution in [0.15, 0.2) is 97.7 Å². The van der Waals surface area contributed by atoms with Gasteiger partial charge in [0.05, 0.1) is 23.3 Å². The molecule has 0 atom stereocenters. The summed E-state index contributed by atoms with van der Waals surface area (Å²) in [5.41, 5.74) is 5.83. The van der Waals surface area contributed by atoms with Gasteiger partial charge in [-0.15, -0.1) is 5.10 Å². The summed E-state index contributed by atoms with van der Waals surface area (Å²) in [4.78, 5) is 18.0. The van der Waals surface area contributed by atoms with Crippen LogP contribution in [0.4, 0.5) is 0 Å². The Balaban J connectivity index is 1.45. The van der Waals surface area contributed by atoms with Crippen molar-refractivity contribution in [2.45, 2.75) is 0 Å². The second kappa shape index (κ2) is 7.51. The highest BCUT2D eigenvalue weighted by molar-refractivity contribution is 5.72. The Bertz CT molecular complexity index is 1500. The van der Waals surface area contributed by atoms with Gasteiger partial charge in [0.15, 0.2) is 5.65 Å². The lowest BCUT2D eigenvalue weighted by Gasteiger charge is -2.08. The number of rotatable bonds is 4. The predicted octanol–water partition coefficient (Wildman–Crippen LogP) is 4.13. The molecule has 6 rings (SSSR count). The fourth-order valence-electron chi connectivity index (χ4n) is 3.61. The van der Waals surface area contributed by atoms with Crippen LogP contribution in [0.25, 0.3) is 45.3 Å². The minimum absolute atomic E-state index is 0.717. The molecule has 0 aliphatic carbocycles. The molecule has 0 aliphatic rings. The average molecular weight is 416 g/mol. The Kier molecular flexibility index (Phi) is 4.25. The normalized spacial score (nSPS) is 11.1. The molecule has 152 valence electrons. The summed E-state index contributed by atoms with van der Waals surface area (Å²) in [6.45, 7) is 0. The predicted molar refractivity (Wildman–Crippen MR) is 120 cm³/mol. The zero-order valence-corrected chi connectivity index (χ0v) is 16.8. The second-order valence-electron chi connectivity index (χ2n) is 7.14. The SMILES string of the molecule is c1ccc(-c2cn(-c3cccnc3)c(-c3ccc(-n4nnc5cccnc54)cc3)n2)nc1. The van der Waals surface area contributed by atoms with Gasteiger partial charge in [-0.25, -0.2) is 9.97 Å². The summed E-state index contributed by atoms with van der Waals surface area (Å²) in [6.07, 6.45) is 9.06. The van der Waals surface area contributed by atoms with Crippen molar-refractivity contribution in [1.82, 2.24) is 39.5 Å². The fraction of sp³-hybridized carbons (Fsp3) is 0. The first-order valence-corrected chi connectivity index (χ1v) is 10.1. The minimum atomic E-state index is 0.717. The first-order valence-electron chi connectivity index (χ1n) is 10.1. The van der Waals surface area contributed by atoms with Crippen LogP contribution >= 0.6 is 0 Å². The number of nitrogens with zero attached hydrogens (tertiary/aromatic N) is 8. The summed E-state index contributed by atoms with van der Waals surface area (Å²) in [5.74, 6) is 0.798. The van der Waals surface area contributed by atoms with E-state index in [1.165, 1.54) is 0 Å². The monoisotopic (exact) mass is 416 g/mol. The van der Waals surface area contributed by atoms with Crippen molar-refractivity contribution in [3.63, 3.8) is 0 Å². The quantitative estimate of drug-likeness (QED) is 0.430. The summed E-state index contributed by atoms with van der Waals surface area (Å²) >= 11 is 0. The molecule has 0 spiro atoms. The van der Waals surface area contributed by atoms with E-state index in [1.54, 1.807) is 23.3 Å². The van der Waals surface area contributed by atoms with Crippen LogP contribution in [0.2, 0.25) is 0 Å². The molecule has 0 saturated carbocycles. The van der Waals surface area contributed by atoms with Crippen LogP contribution in [-0.2, 0) is 0 Å². The third kappa shape index (κ3) is 3.10. The van der Waals surface area contributed by atoms with Gasteiger partial charge in [0.25, 0.3) is 0 Å². The molecule has 0 radical (unpaired) electrons. The van der Waals surface area contributed by atoms with E-state index >= 15 is 0 Å². The van der Waals surface area contributed by atoms with Crippen LogP contribution < -0.4 is 0 Å². The lowest BCUT2D eigenvalue weighted by molar-refractivity contribution is 0.817. The van der Waals surface area contributed by atoms with E-state index in [0.717, 1.165) is 45.3 Å². The van der Waals surface area contributed by atoms with Crippen molar-refractivity contribution in [3.05, 3.63) is 97.7 Å². The van der Waals surface area contributed by atoms with Crippen LogP contribution in [-0.4, -0.2) is 39.5 Å². The largest absolute Gasteiger partial charge is 0.298 e. The van der Waals surface area contributed by atoms with Gasteiger partial charge in [-0.2, -0.15) is 4.68 Å². The van der Waals surface area contributed by atoms with E-state index in [4.69, 9.17) is 4.98 Å². The first kappa shape index (κ1) is 18.1. The molecule has 0 fully saturated rings. The number of benzene rings is 1. The van der Waals surface area contributed by atoms with Crippen molar-refractivity contribution in [3.8, 4) is 34.2 Å². The van der Waals surface area contributed by atoms with E-state index in [9.17, 15) is 0 Å². The molecule has 0 aliphatic heterocycles. The van der Waals surface area contributed by atoms with E-state index in [2.05, 4.69) is 25.3 Å². The third-order valence-electron chi connectivity index (χ3n) is 5.14. The number of pyridine rings is 3. The standard InChI is InChI=1S/C24H16N8/c1-2-13-26-20(6-1)22-16-31(19-5-3-12-25-15-19)23(28-22)17-8-10-18(11-9-17)32-24-21(29-30-32)7-4-14-27-24/h1-16H. The average Bonchev–Trinajstić information content (AvgIpc) is 3.51. The molecule has 1 aromatic carbocycles. The lowest BCUT2D eigenvalue weighted by Crippen LogP contribution is -1.99. The Labute approximate surface area is 182 Å². The molecule has 0 unspecified atom stereocenters. The minimum Gasteiger partial charge on any atom is -0.298 e. The van der Waals surface area contributed by atoms with Gasteiger partial charge in [-0.3, -0.25) is 14.5 Å². The maximum atomic E-state index is 4.89. The Morgan fingerprint density at radius 3 is 2.38 bits per heavy atom. The van der Waals surface area contributed by atoms with Crippen LogP contribution in [0.3, 0.4) is 0 Å². The van der Waals surface area contributed by atoms with Gasteiger partial charge in [0.1, 0.15) is 17.0 Å². The molecular weight excluding hydrogens is 400 g/mol. The smallest absolute Gasteiger partial charge is 0.183 e. The van der Waals surface area contributed by atoms with Gasteiger partial charge in [0, 0.05) is 30.4 Å². The van der Waals surface area contributed by atoms with Crippen molar-refractivity contribution in [1.29, 1.82) is 0 Å². The molecule has 8 nitrogen and oxygen atoms in total. The van der Waals surface area contributed by atoms with E-state index in [0.29, 0.717) is 0 Å². The lowest BCUT2D eigenvalue weighted by atomic mass is 10.2. The molecule has 5 heterocycles. The van der Waals surface area contributed by atoms with Crippen LogP contribution in [0.1, 0.15) is 0 Å². The molecular formula is C24H16N8. The topological polar surface area (TPSA) is 87.2 Å². The van der Waals surface area contributed by atoms with Crippen molar-refractivity contribution in [2.24, 2.45) is 0 Å². The number of aromatic nitrogens is 8. The first-order chi connectivity index (χ1) is 15.9. The highest BCUT2D eigenvalue weighted by atomic mass is 15.4. The summed E-state index contributed by atoms with van der Waals surface area (Å²) in [7, 11) is 0. The molecule has 8 heteroatoms. The van der Waals surface area contributed by atoms with Crippen molar-refractivity contribution >= 4 is 11.2 Å². The van der Waals surface area contributed by atoms with Gasteiger partial charge in [-0.1, -0.05) is 11.3 Å².